The van der Waals surface area contributed by atoms with Crippen molar-refractivity contribution >= 4 is 17.5 Å². The van der Waals surface area contributed by atoms with E-state index in [1.807, 2.05) is 6.20 Å². The van der Waals surface area contributed by atoms with Gasteiger partial charge in [-0.15, -0.1) is 0 Å². The molecule has 11 heteroatoms. The van der Waals surface area contributed by atoms with Gasteiger partial charge in [0.2, 0.25) is 0 Å². The van der Waals surface area contributed by atoms with E-state index in [-0.39, 0.29) is 23.0 Å². The zero-order chi connectivity index (χ0) is 21.1. The van der Waals surface area contributed by atoms with E-state index in [1.165, 1.54) is 10.9 Å². The van der Waals surface area contributed by atoms with E-state index in [9.17, 15) is 9.59 Å². The zero-order valence-corrected chi connectivity index (χ0v) is 16.4. The number of nitrogens with zero attached hydrogens (tertiary/aromatic N) is 6. The molecular weight excluding hydrogens is 388 g/mol. The van der Waals surface area contributed by atoms with Crippen LogP contribution in [0, 0.1) is 0 Å². The largest absolute Gasteiger partial charge is 0.454 e. The van der Waals surface area contributed by atoms with Gasteiger partial charge < -0.3 is 15.1 Å². The maximum Gasteiger partial charge on any atom is 0.291 e. The zero-order valence-electron chi connectivity index (χ0n) is 16.4. The highest BCUT2D eigenvalue weighted by Gasteiger charge is 2.20. The van der Waals surface area contributed by atoms with Crippen LogP contribution in [0.2, 0.25) is 0 Å². The highest BCUT2D eigenvalue weighted by molar-refractivity contribution is 6.07. The molecule has 0 bridgehead atoms. The Hall–Kier alpha value is -4.15. The number of carbonyl (C=O) groups excluding carboxylic acids is 2. The predicted octanol–water partition coefficient (Wildman–Crippen LogP) is 1.17. The number of nitrogens with one attached hydrogen (secondary N) is 2. The third kappa shape index (κ3) is 4.14. The lowest BCUT2D eigenvalue weighted by Crippen LogP contribution is -2.26. The lowest BCUT2D eigenvalue weighted by molar-refractivity contribution is 0.0942. The fraction of sp³-hybridized carbons (Fsp3) is 0.211. The first-order chi connectivity index (χ1) is 14.5. The van der Waals surface area contributed by atoms with Crippen molar-refractivity contribution in [2.75, 3.05) is 5.32 Å². The molecule has 0 radical (unpaired) electrons. The summed E-state index contributed by atoms with van der Waals surface area (Å²) in [7, 11) is 3.43. The van der Waals surface area contributed by atoms with Gasteiger partial charge in [0, 0.05) is 44.8 Å². The van der Waals surface area contributed by atoms with E-state index in [0.717, 1.165) is 5.56 Å². The third-order valence-corrected chi connectivity index (χ3v) is 4.38. The molecule has 0 saturated carbocycles. The Labute approximate surface area is 171 Å². The van der Waals surface area contributed by atoms with Crippen LogP contribution in [-0.4, -0.2) is 41.2 Å². The SMILES string of the molecule is Cn1cc(CNC(=O)c2c(NC(=O)c3ccc(Cn4cccn4)o3)cnn2C)cn1. The topological polar surface area (TPSA) is 125 Å². The maximum absolute atomic E-state index is 12.6. The van der Waals surface area contributed by atoms with Gasteiger partial charge in [-0.05, 0) is 18.2 Å². The van der Waals surface area contributed by atoms with E-state index < -0.39 is 5.91 Å². The number of aryl methyl sites for hydroxylation is 2. The van der Waals surface area contributed by atoms with Gasteiger partial charge in [0.05, 0.1) is 24.6 Å². The molecule has 2 amide bonds. The average Bonchev–Trinajstić information content (AvgIpc) is 3.50. The van der Waals surface area contributed by atoms with Gasteiger partial charge in [-0.25, -0.2) is 0 Å². The Morgan fingerprint density at radius 2 is 1.97 bits per heavy atom. The second-order valence-corrected chi connectivity index (χ2v) is 6.66. The minimum absolute atomic E-state index is 0.128. The summed E-state index contributed by atoms with van der Waals surface area (Å²) in [4.78, 5) is 25.2. The lowest BCUT2D eigenvalue weighted by atomic mass is 10.3. The highest BCUT2D eigenvalue weighted by Crippen LogP contribution is 2.17. The summed E-state index contributed by atoms with van der Waals surface area (Å²) in [6, 6.07) is 5.09. The molecule has 154 valence electrons. The van der Waals surface area contributed by atoms with Gasteiger partial charge in [-0.2, -0.15) is 15.3 Å². The highest BCUT2D eigenvalue weighted by atomic mass is 16.4. The first-order valence-electron chi connectivity index (χ1n) is 9.15. The van der Waals surface area contributed by atoms with Crippen LogP contribution in [0.3, 0.4) is 0 Å². The molecule has 0 unspecified atom stereocenters. The summed E-state index contributed by atoms with van der Waals surface area (Å²) in [5.41, 5.74) is 1.38. The fourth-order valence-electron chi connectivity index (χ4n) is 2.95. The summed E-state index contributed by atoms with van der Waals surface area (Å²) in [6.07, 6.45) is 8.37. The quantitative estimate of drug-likeness (QED) is 0.473. The van der Waals surface area contributed by atoms with Gasteiger partial charge in [0.25, 0.3) is 11.8 Å². The van der Waals surface area contributed by atoms with Crippen molar-refractivity contribution in [1.82, 2.24) is 34.7 Å². The normalized spacial score (nSPS) is 10.9. The summed E-state index contributed by atoms with van der Waals surface area (Å²) in [6.45, 7) is 0.718. The van der Waals surface area contributed by atoms with Gasteiger partial charge >= 0.3 is 0 Å². The van der Waals surface area contributed by atoms with Crippen LogP contribution in [0.15, 0.2) is 53.6 Å². The summed E-state index contributed by atoms with van der Waals surface area (Å²) >= 11 is 0. The summed E-state index contributed by atoms with van der Waals surface area (Å²) in [5.74, 6) is -0.129. The Bertz CT molecular complexity index is 1170. The van der Waals surface area contributed by atoms with E-state index in [4.69, 9.17) is 4.42 Å². The Balaban J connectivity index is 1.43. The first-order valence-corrected chi connectivity index (χ1v) is 9.15. The number of carbonyl (C=O) groups is 2. The van der Waals surface area contributed by atoms with Crippen LogP contribution >= 0.6 is 0 Å². The minimum atomic E-state index is -0.476. The molecule has 30 heavy (non-hydrogen) atoms. The summed E-state index contributed by atoms with van der Waals surface area (Å²) < 4.78 is 10.3. The number of rotatable bonds is 7. The van der Waals surface area contributed by atoms with E-state index in [1.54, 1.807) is 60.2 Å². The molecular formula is C19H20N8O3. The molecule has 4 aromatic heterocycles. The molecule has 0 aromatic carbocycles. The molecule has 0 aliphatic heterocycles. The molecule has 2 N–H and O–H groups in total. The van der Waals surface area contributed by atoms with E-state index in [2.05, 4.69) is 25.9 Å². The van der Waals surface area contributed by atoms with E-state index >= 15 is 0 Å². The second kappa shape index (κ2) is 8.07. The molecule has 0 aliphatic rings. The second-order valence-electron chi connectivity index (χ2n) is 6.66. The average molecular weight is 408 g/mol. The van der Waals surface area contributed by atoms with Gasteiger partial charge in [0.15, 0.2) is 5.76 Å². The number of hydrogen-bond donors (Lipinski definition) is 2. The van der Waals surface area contributed by atoms with Crippen molar-refractivity contribution in [2.45, 2.75) is 13.1 Å². The van der Waals surface area contributed by atoms with E-state index in [0.29, 0.717) is 18.8 Å². The molecule has 4 heterocycles. The van der Waals surface area contributed by atoms with Crippen molar-refractivity contribution < 1.29 is 14.0 Å². The Morgan fingerprint density at radius 3 is 2.70 bits per heavy atom. The number of furan rings is 1. The van der Waals surface area contributed by atoms with Crippen LogP contribution < -0.4 is 10.6 Å². The molecule has 0 spiro atoms. The molecule has 0 saturated heterocycles. The Kier molecular flexibility index (Phi) is 5.16. The van der Waals surface area contributed by atoms with Crippen LogP contribution in [0.4, 0.5) is 5.69 Å². The van der Waals surface area contributed by atoms with Gasteiger partial charge in [-0.1, -0.05) is 0 Å². The number of hydrogen-bond acceptors (Lipinski definition) is 6. The van der Waals surface area contributed by atoms with Crippen LogP contribution in [0.25, 0.3) is 0 Å². The Morgan fingerprint density at radius 1 is 1.10 bits per heavy atom. The van der Waals surface area contributed by atoms with Crippen molar-refractivity contribution in [3.8, 4) is 0 Å². The van der Waals surface area contributed by atoms with Crippen molar-refractivity contribution in [3.05, 3.63) is 72.0 Å². The first kappa shape index (κ1) is 19.2. The molecule has 0 aliphatic carbocycles. The lowest BCUT2D eigenvalue weighted by Gasteiger charge is -2.08. The number of anilines is 1. The monoisotopic (exact) mass is 408 g/mol. The smallest absolute Gasteiger partial charge is 0.291 e. The van der Waals surface area contributed by atoms with Crippen LogP contribution in [0.1, 0.15) is 32.4 Å². The van der Waals surface area contributed by atoms with Gasteiger partial charge in [-0.3, -0.25) is 23.6 Å². The van der Waals surface area contributed by atoms with Crippen molar-refractivity contribution in [2.24, 2.45) is 14.1 Å². The number of aromatic nitrogens is 6. The van der Waals surface area contributed by atoms with Crippen molar-refractivity contribution in [1.29, 1.82) is 0 Å². The fourth-order valence-corrected chi connectivity index (χ4v) is 2.95. The molecule has 4 rings (SSSR count). The molecule has 4 aromatic rings. The van der Waals surface area contributed by atoms with Crippen molar-refractivity contribution in [3.63, 3.8) is 0 Å². The molecule has 0 atom stereocenters. The molecule has 0 fully saturated rings. The standard InChI is InChI=1S/C19H20N8O3/c1-25-11-13(9-22-25)8-20-19(29)17-15(10-23-26(17)2)24-18(28)16-5-4-14(30-16)12-27-7-3-6-21-27/h3-7,9-11H,8,12H2,1-2H3,(H,20,29)(H,24,28). The predicted molar refractivity (Wildman–Crippen MR) is 106 cm³/mol. The molecule has 11 nitrogen and oxygen atoms in total. The van der Waals surface area contributed by atoms with Gasteiger partial charge in [0.1, 0.15) is 11.5 Å². The van der Waals surface area contributed by atoms with Crippen LogP contribution in [0.5, 0.6) is 0 Å². The summed E-state index contributed by atoms with van der Waals surface area (Å²) in [5, 5.41) is 17.7. The maximum atomic E-state index is 12.6. The minimum Gasteiger partial charge on any atom is -0.454 e. The number of amides is 2. The van der Waals surface area contributed by atoms with Crippen LogP contribution in [-0.2, 0) is 27.2 Å². The third-order valence-electron chi connectivity index (χ3n) is 4.38.